The minimum Gasteiger partial charge on any atom is -0.0928 e. The molecule has 1 rings (SSSR count). The van der Waals surface area contributed by atoms with Crippen LogP contribution >= 0.6 is 27.5 Å². The van der Waals surface area contributed by atoms with Gasteiger partial charge in [-0.1, -0.05) is 45.7 Å². The zero-order valence-corrected chi connectivity index (χ0v) is 9.24. The third kappa shape index (κ3) is 3.16. The van der Waals surface area contributed by atoms with E-state index in [0.29, 0.717) is 0 Å². The Balaban J connectivity index is 2.46. The molecule has 0 atom stereocenters. The lowest BCUT2D eigenvalue weighted by atomic mass is 10.1. The summed E-state index contributed by atoms with van der Waals surface area (Å²) in [6.07, 6.45) is 3.51. The predicted molar refractivity (Wildman–Crippen MR) is 58.2 cm³/mol. The average Bonchev–Trinajstić information content (AvgIpc) is 2.09. The Labute approximate surface area is 87.1 Å². The number of aryl methyl sites for hydroxylation is 1. The molecule has 0 nitrogen and oxygen atoms in total. The summed E-state index contributed by atoms with van der Waals surface area (Å²) in [6.45, 7) is 0. The molecule has 0 saturated carbocycles. The number of benzene rings is 1. The van der Waals surface area contributed by atoms with E-state index in [1.165, 1.54) is 18.4 Å². The molecule has 0 N–H and O–H groups in total. The molecule has 12 heavy (non-hydrogen) atoms. The highest BCUT2D eigenvalue weighted by Crippen LogP contribution is 2.17. The molecule has 0 saturated heterocycles. The largest absolute Gasteiger partial charge is 0.0928 e. The number of alkyl halides is 1. The molecule has 0 heterocycles. The van der Waals surface area contributed by atoms with Gasteiger partial charge in [-0.2, -0.15) is 0 Å². The molecule has 0 radical (unpaired) electrons. The van der Waals surface area contributed by atoms with Crippen LogP contribution in [0.25, 0.3) is 0 Å². The molecule has 0 fully saturated rings. The van der Waals surface area contributed by atoms with Crippen molar-refractivity contribution in [3.63, 3.8) is 0 Å². The van der Waals surface area contributed by atoms with Crippen LogP contribution in [0, 0.1) is 0 Å². The van der Waals surface area contributed by atoms with Gasteiger partial charge in [0.05, 0.1) is 0 Å². The van der Waals surface area contributed by atoms with Gasteiger partial charge in [-0.05, 0) is 30.9 Å². The lowest BCUT2D eigenvalue weighted by Gasteiger charge is -2.01. The number of halogens is 2. The standard InChI is InChI=1S/C10H12BrCl/c11-8-4-3-6-9-5-1-2-7-10(9)12/h1-2,5,7H,3-4,6,8H2. The molecule has 0 aliphatic rings. The van der Waals surface area contributed by atoms with Gasteiger partial charge in [0.15, 0.2) is 0 Å². The molecule has 1 aromatic rings. The predicted octanol–water partition coefficient (Wildman–Crippen LogP) is 4.06. The van der Waals surface area contributed by atoms with Crippen LogP contribution in [0.5, 0.6) is 0 Å². The number of rotatable bonds is 4. The summed E-state index contributed by atoms with van der Waals surface area (Å²) in [5, 5.41) is 1.98. The van der Waals surface area contributed by atoms with Crippen molar-refractivity contribution < 1.29 is 0 Å². The minimum atomic E-state index is 0.895. The van der Waals surface area contributed by atoms with Gasteiger partial charge in [0, 0.05) is 10.4 Å². The van der Waals surface area contributed by atoms with Crippen LogP contribution in [0.1, 0.15) is 18.4 Å². The van der Waals surface area contributed by atoms with Crippen molar-refractivity contribution >= 4 is 27.5 Å². The van der Waals surface area contributed by atoms with Crippen molar-refractivity contribution in [2.75, 3.05) is 5.33 Å². The van der Waals surface area contributed by atoms with E-state index in [2.05, 4.69) is 22.0 Å². The molecule has 0 aromatic heterocycles. The fourth-order valence-corrected chi connectivity index (χ4v) is 1.74. The summed E-state index contributed by atoms with van der Waals surface area (Å²) in [5.41, 5.74) is 1.26. The lowest BCUT2D eigenvalue weighted by Crippen LogP contribution is -1.86. The Hall–Kier alpha value is -0.0100. The molecule has 0 aliphatic heterocycles. The van der Waals surface area contributed by atoms with Crippen molar-refractivity contribution in [1.82, 2.24) is 0 Å². The van der Waals surface area contributed by atoms with Crippen LogP contribution < -0.4 is 0 Å². The minimum absolute atomic E-state index is 0.895. The second-order valence-electron chi connectivity index (χ2n) is 2.74. The molecule has 0 bridgehead atoms. The van der Waals surface area contributed by atoms with E-state index >= 15 is 0 Å². The number of hydrogen-bond donors (Lipinski definition) is 0. The second kappa shape index (κ2) is 5.60. The second-order valence-corrected chi connectivity index (χ2v) is 3.94. The molecule has 66 valence electrons. The van der Waals surface area contributed by atoms with Crippen molar-refractivity contribution in [1.29, 1.82) is 0 Å². The van der Waals surface area contributed by atoms with E-state index < -0.39 is 0 Å². The van der Waals surface area contributed by atoms with Crippen LogP contribution in [0.3, 0.4) is 0 Å². The van der Waals surface area contributed by atoms with E-state index in [0.717, 1.165) is 16.8 Å². The smallest absolute Gasteiger partial charge is 0.0437 e. The molecule has 0 amide bonds. The fraction of sp³-hybridized carbons (Fsp3) is 0.400. The van der Waals surface area contributed by atoms with Gasteiger partial charge >= 0.3 is 0 Å². The summed E-state index contributed by atoms with van der Waals surface area (Å²) < 4.78 is 0. The Morgan fingerprint density at radius 3 is 2.58 bits per heavy atom. The van der Waals surface area contributed by atoms with Gasteiger partial charge in [0.25, 0.3) is 0 Å². The monoisotopic (exact) mass is 246 g/mol. The Morgan fingerprint density at radius 1 is 1.17 bits per heavy atom. The van der Waals surface area contributed by atoms with E-state index in [9.17, 15) is 0 Å². The van der Waals surface area contributed by atoms with Crippen LogP contribution in [-0.4, -0.2) is 5.33 Å². The van der Waals surface area contributed by atoms with Crippen LogP contribution in [0.15, 0.2) is 24.3 Å². The summed E-state index contributed by atoms with van der Waals surface area (Å²) in [7, 11) is 0. The summed E-state index contributed by atoms with van der Waals surface area (Å²) in [6, 6.07) is 8.05. The van der Waals surface area contributed by atoms with Crippen molar-refractivity contribution in [2.45, 2.75) is 19.3 Å². The average molecular weight is 248 g/mol. The molecule has 0 unspecified atom stereocenters. The van der Waals surface area contributed by atoms with E-state index in [4.69, 9.17) is 11.6 Å². The van der Waals surface area contributed by atoms with Crippen molar-refractivity contribution in [3.8, 4) is 0 Å². The summed E-state index contributed by atoms with van der Waals surface area (Å²) >= 11 is 9.40. The van der Waals surface area contributed by atoms with Gasteiger partial charge in [-0.3, -0.25) is 0 Å². The number of unbranched alkanes of at least 4 members (excludes halogenated alkanes) is 1. The first-order chi connectivity index (χ1) is 5.84. The highest BCUT2D eigenvalue weighted by molar-refractivity contribution is 9.09. The zero-order chi connectivity index (χ0) is 8.81. The Bertz CT molecular complexity index is 235. The summed E-state index contributed by atoms with van der Waals surface area (Å²) in [5.74, 6) is 0. The maximum Gasteiger partial charge on any atom is 0.0437 e. The van der Waals surface area contributed by atoms with Crippen LogP contribution in [0.4, 0.5) is 0 Å². The third-order valence-corrected chi connectivity index (χ3v) is 2.72. The lowest BCUT2D eigenvalue weighted by molar-refractivity contribution is 0.806. The Kier molecular flexibility index (Phi) is 4.70. The van der Waals surface area contributed by atoms with Gasteiger partial charge < -0.3 is 0 Å². The SMILES string of the molecule is Clc1ccccc1CCCCBr. The fourth-order valence-electron chi connectivity index (χ4n) is 1.11. The number of hydrogen-bond acceptors (Lipinski definition) is 0. The topological polar surface area (TPSA) is 0 Å². The van der Waals surface area contributed by atoms with Gasteiger partial charge in [-0.25, -0.2) is 0 Å². The van der Waals surface area contributed by atoms with Crippen molar-refractivity contribution in [2.24, 2.45) is 0 Å². The summed E-state index contributed by atoms with van der Waals surface area (Å²) in [4.78, 5) is 0. The van der Waals surface area contributed by atoms with Gasteiger partial charge in [0.2, 0.25) is 0 Å². The van der Waals surface area contributed by atoms with Crippen LogP contribution in [-0.2, 0) is 6.42 Å². The maximum absolute atomic E-state index is 5.99. The zero-order valence-electron chi connectivity index (χ0n) is 6.89. The molecule has 1 aromatic carbocycles. The van der Waals surface area contributed by atoms with E-state index in [1.807, 2.05) is 18.2 Å². The third-order valence-electron chi connectivity index (χ3n) is 1.79. The highest BCUT2D eigenvalue weighted by Gasteiger charge is 1.97. The van der Waals surface area contributed by atoms with Crippen LogP contribution in [0.2, 0.25) is 5.02 Å². The van der Waals surface area contributed by atoms with Gasteiger partial charge in [-0.15, -0.1) is 0 Å². The van der Waals surface area contributed by atoms with E-state index in [1.54, 1.807) is 0 Å². The van der Waals surface area contributed by atoms with E-state index in [-0.39, 0.29) is 0 Å². The molecule has 2 heteroatoms. The first kappa shape index (κ1) is 10.1. The van der Waals surface area contributed by atoms with Crippen molar-refractivity contribution in [3.05, 3.63) is 34.9 Å². The molecule has 0 aliphatic carbocycles. The highest BCUT2D eigenvalue weighted by atomic mass is 79.9. The normalized spacial score (nSPS) is 10.2. The maximum atomic E-state index is 5.99. The Morgan fingerprint density at radius 2 is 1.92 bits per heavy atom. The molecular weight excluding hydrogens is 235 g/mol. The molecular formula is C10H12BrCl. The molecule has 0 spiro atoms. The quantitative estimate of drug-likeness (QED) is 0.556. The first-order valence-electron chi connectivity index (χ1n) is 4.14. The first-order valence-corrected chi connectivity index (χ1v) is 5.64. The van der Waals surface area contributed by atoms with Gasteiger partial charge in [0.1, 0.15) is 0 Å².